The first kappa shape index (κ1) is 15.7. The van der Waals surface area contributed by atoms with Gasteiger partial charge in [0, 0.05) is 12.6 Å². The molecule has 0 saturated heterocycles. The number of phenols is 1. The third-order valence-corrected chi connectivity index (χ3v) is 5.44. The number of phenolic OH excluding ortho intramolecular Hbond substituents is 1. The summed E-state index contributed by atoms with van der Waals surface area (Å²) >= 11 is 0. The van der Waals surface area contributed by atoms with Gasteiger partial charge in [0.25, 0.3) is 10.0 Å². The molecule has 1 fully saturated rings. The molecule has 1 saturated carbocycles. The number of nitrogens with one attached hydrogen (secondary N) is 1. The predicted molar refractivity (Wildman–Crippen MR) is 85.0 cm³/mol. The van der Waals surface area contributed by atoms with Crippen molar-refractivity contribution in [2.45, 2.75) is 30.8 Å². The standard InChI is InChI=1S/C15H19N3O4S/c1-22-12-5-6-14(19)13(9-12)17-23(20,21)15-7-8-16-18(15)10-11-3-2-4-11/h5-9,11,17,19H,2-4,10H2,1H3. The van der Waals surface area contributed by atoms with Crippen LogP contribution in [0.15, 0.2) is 35.5 Å². The molecule has 3 rings (SSSR count). The number of aromatic nitrogens is 2. The second-order valence-corrected chi connectivity index (χ2v) is 7.27. The Morgan fingerprint density at radius 1 is 1.39 bits per heavy atom. The van der Waals surface area contributed by atoms with Crippen molar-refractivity contribution in [2.75, 3.05) is 11.8 Å². The lowest BCUT2D eigenvalue weighted by atomic mass is 9.85. The fourth-order valence-electron chi connectivity index (χ4n) is 2.53. The molecule has 0 amide bonds. The minimum Gasteiger partial charge on any atom is -0.506 e. The topological polar surface area (TPSA) is 93.4 Å². The van der Waals surface area contributed by atoms with Gasteiger partial charge in [-0.1, -0.05) is 6.42 Å². The Bertz CT molecular complexity index is 797. The van der Waals surface area contributed by atoms with Crippen molar-refractivity contribution in [3.8, 4) is 11.5 Å². The van der Waals surface area contributed by atoms with Gasteiger partial charge in [-0.15, -0.1) is 0 Å². The molecule has 2 N–H and O–H groups in total. The zero-order valence-electron chi connectivity index (χ0n) is 12.8. The summed E-state index contributed by atoms with van der Waals surface area (Å²) in [7, 11) is -2.37. The summed E-state index contributed by atoms with van der Waals surface area (Å²) in [5, 5.41) is 14.1. The average Bonchev–Trinajstić information content (AvgIpc) is 2.94. The second kappa shape index (κ2) is 6.11. The van der Waals surface area contributed by atoms with Crippen LogP contribution in [0.25, 0.3) is 0 Å². The number of nitrogens with zero attached hydrogens (tertiary/aromatic N) is 2. The minimum absolute atomic E-state index is 0.0701. The van der Waals surface area contributed by atoms with Crippen molar-refractivity contribution in [1.29, 1.82) is 0 Å². The first-order valence-corrected chi connectivity index (χ1v) is 8.89. The molecule has 1 aliphatic rings. The summed E-state index contributed by atoms with van der Waals surface area (Å²) in [5.74, 6) is 0.761. The Morgan fingerprint density at radius 2 is 2.17 bits per heavy atom. The summed E-state index contributed by atoms with van der Waals surface area (Å²) in [5.41, 5.74) is 0.0701. The lowest BCUT2D eigenvalue weighted by Crippen LogP contribution is -2.23. The fourth-order valence-corrected chi connectivity index (χ4v) is 3.72. The van der Waals surface area contributed by atoms with Gasteiger partial charge in [-0.3, -0.25) is 9.40 Å². The Labute approximate surface area is 134 Å². The van der Waals surface area contributed by atoms with E-state index in [0.29, 0.717) is 18.2 Å². The molecule has 1 heterocycles. The van der Waals surface area contributed by atoms with Crippen molar-refractivity contribution in [2.24, 2.45) is 5.92 Å². The molecule has 0 spiro atoms. The van der Waals surface area contributed by atoms with E-state index in [4.69, 9.17) is 4.74 Å². The van der Waals surface area contributed by atoms with Crippen molar-refractivity contribution in [3.05, 3.63) is 30.5 Å². The van der Waals surface area contributed by atoms with Gasteiger partial charge in [-0.05, 0) is 37.0 Å². The van der Waals surface area contributed by atoms with Gasteiger partial charge in [0.1, 0.15) is 11.5 Å². The van der Waals surface area contributed by atoms with Crippen LogP contribution in [0.2, 0.25) is 0 Å². The SMILES string of the molecule is COc1ccc(O)c(NS(=O)(=O)c2ccnn2CC2CCC2)c1. The third-order valence-electron chi connectivity index (χ3n) is 4.06. The van der Waals surface area contributed by atoms with Gasteiger partial charge < -0.3 is 9.84 Å². The minimum atomic E-state index is -3.84. The molecule has 23 heavy (non-hydrogen) atoms. The number of hydrogen-bond donors (Lipinski definition) is 2. The summed E-state index contributed by atoms with van der Waals surface area (Å²) < 4.78 is 34.1. The fraction of sp³-hybridized carbons (Fsp3) is 0.400. The van der Waals surface area contributed by atoms with Crippen molar-refractivity contribution >= 4 is 15.7 Å². The summed E-state index contributed by atoms with van der Waals surface area (Å²) in [4.78, 5) is 0. The maximum absolute atomic E-state index is 12.6. The molecule has 0 radical (unpaired) electrons. The Hall–Kier alpha value is -2.22. The van der Waals surface area contributed by atoms with E-state index in [1.165, 1.54) is 42.6 Å². The van der Waals surface area contributed by atoms with E-state index in [9.17, 15) is 13.5 Å². The van der Waals surface area contributed by atoms with Gasteiger partial charge in [-0.2, -0.15) is 13.5 Å². The highest BCUT2D eigenvalue weighted by molar-refractivity contribution is 7.92. The zero-order valence-corrected chi connectivity index (χ0v) is 13.6. The summed E-state index contributed by atoms with van der Waals surface area (Å²) in [6.07, 6.45) is 4.86. The molecule has 1 aromatic heterocycles. The number of ether oxygens (including phenoxy) is 1. The largest absolute Gasteiger partial charge is 0.506 e. The third kappa shape index (κ3) is 3.26. The van der Waals surface area contributed by atoms with Crippen LogP contribution in [-0.4, -0.2) is 30.4 Å². The monoisotopic (exact) mass is 337 g/mol. The number of benzene rings is 1. The second-order valence-electron chi connectivity index (χ2n) is 5.64. The smallest absolute Gasteiger partial charge is 0.279 e. The maximum atomic E-state index is 12.6. The highest BCUT2D eigenvalue weighted by Gasteiger charge is 2.25. The van der Waals surface area contributed by atoms with E-state index in [1.54, 1.807) is 6.07 Å². The van der Waals surface area contributed by atoms with Crippen LogP contribution in [0.1, 0.15) is 19.3 Å². The Morgan fingerprint density at radius 3 is 2.83 bits per heavy atom. The van der Waals surface area contributed by atoms with Crippen LogP contribution >= 0.6 is 0 Å². The molecular formula is C15H19N3O4S. The van der Waals surface area contributed by atoms with Gasteiger partial charge >= 0.3 is 0 Å². The normalized spacial score (nSPS) is 15.2. The first-order valence-electron chi connectivity index (χ1n) is 7.41. The molecule has 2 aromatic rings. The van der Waals surface area contributed by atoms with E-state index in [1.807, 2.05) is 0 Å². The van der Waals surface area contributed by atoms with Gasteiger partial charge in [0.2, 0.25) is 0 Å². The van der Waals surface area contributed by atoms with Crippen LogP contribution < -0.4 is 9.46 Å². The lowest BCUT2D eigenvalue weighted by Gasteiger charge is -2.25. The van der Waals surface area contributed by atoms with E-state index >= 15 is 0 Å². The highest BCUT2D eigenvalue weighted by Crippen LogP contribution is 2.31. The van der Waals surface area contributed by atoms with E-state index in [2.05, 4.69) is 9.82 Å². The predicted octanol–water partition coefficient (Wildman–Crippen LogP) is 2.20. The van der Waals surface area contributed by atoms with Crippen LogP contribution in [0, 0.1) is 5.92 Å². The molecule has 0 aliphatic heterocycles. The molecular weight excluding hydrogens is 318 g/mol. The van der Waals surface area contributed by atoms with E-state index in [0.717, 1.165) is 12.8 Å². The lowest BCUT2D eigenvalue weighted by molar-refractivity contribution is 0.258. The van der Waals surface area contributed by atoms with Crippen molar-refractivity contribution in [1.82, 2.24) is 9.78 Å². The zero-order chi connectivity index (χ0) is 16.4. The van der Waals surface area contributed by atoms with Crippen LogP contribution in [0.5, 0.6) is 11.5 Å². The van der Waals surface area contributed by atoms with Gasteiger partial charge in [0.15, 0.2) is 5.03 Å². The molecule has 1 aliphatic carbocycles. The van der Waals surface area contributed by atoms with Crippen LogP contribution in [0.4, 0.5) is 5.69 Å². The number of methoxy groups -OCH3 is 1. The van der Waals surface area contributed by atoms with Crippen LogP contribution in [-0.2, 0) is 16.6 Å². The molecule has 7 nitrogen and oxygen atoms in total. The number of aromatic hydroxyl groups is 1. The number of rotatable bonds is 6. The summed E-state index contributed by atoms with van der Waals surface area (Å²) in [6.45, 7) is 0.591. The first-order chi connectivity index (χ1) is 11.0. The Balaban J connectivity index is 1.86. The van der Waals surface area contributed by atoms with E-state index < -0.39 is 10.0 Å². The number of sulfonamides is 1. The van der Waals surface area contributed by atoms with Crippen LogP contribution in [0.3, 0.4) is 0 Å². The average molecular weight is 337 g/mol. The van der Waals surface area contributed by atoms with Crippen molar-refractivity contribution in [3.63, 3.8) is 0 Å². The van der Waals surface area contributed by atoms with Gasteiger partial charge in [0.05, 0.1) is 19.0 Å². The quantitative estimate of drug-likeness (QED) is 0.788. The van der Waals surface area contributed by atoms with Crippen molar-refractivity contribution < 1.29 is 18.3 Å². The molecule has 8 heteroatoms. The number of hydrogen-bond acceptors (Lipinski definition) is 5. The Kier molecular flexibility index (Phi) is 4.16. The molecule has 124 valence electrons. The molecule has 0 unspecified atom stereocenters. The molecule has 0 bridgehead atoms. The molecule has 0 atom stereocenters. The summed E-state index contributed by atoms with van der Waals surface area (Å²) in [6, 6.07) is 5.81. The number of anilines is 1. The highest BCUT2D eigenvalue weighted by atomic mass is 32.2. The maximum Gasteiger partial charge on any atom is 0.279 e. The van der Waals surface area contributed by atoms with Gasteiger partial charge in [-0.25, -0.2) is 0 Å². The molecule has 1 aromatic carbocycles. The van der Waals surface area contributed by atoms with E-state index in [-0.39, 0.29) is 16.5 Å².